The molecular formula is C8H12N2O. The molecule has 11 heavy (non-hydrogen) atoms. The van der Waals surface area contributed by atoms with Crippen molar-refractivity contribution in [2.24, 2.45) is 0 Å². The van der Waals surface area contributed by atoms with Crippen LogP contribution in [0.5, 0.6) is 5.88 Å². The number of rotatable bonds is 2. The highest BCUT2D eigenvalue weighted by molar-refractivity contribution is 5.24. The van der Waals surface area contributed by atoms with Gasteiger partial charge < -0.3 is 4.74 Å². The molecule has 0 radical (unpaired) electrons. The molecule has 1 rings (SSSR count). The van der Waals surface area contributed by atoms with Gasteiger partial charge in [0, 0.05) is 11.8 Å². The second kappa shape index (κ2) is 3.32. The van der Waals surface area contributed by atoms with E-state index in [-0.39, 0.29) is 0 Å². The number of nitrogens with zero attached hydrogens (tertiary/aromatic N) is 2. The summed E-state index contributed by atoms with van der Waals surface area (Å²) in [6.07, 6.45) is 3.28. The minimum atomic E-state index is 0.408. The predicted octanol–water partition coefficient (Wildman–Crippen LogP) is 1.61. The van der Waals surface area contributed by atoms with Gasteiger partial charge in [-0.1, -0.05) is 13.8 Å². The van der Waals surface area contributed by atoms with Gasteiger partial charge in [-0.2, -0.15) is 0 Å². The highest BCUT2D eigenvalue weighted by atomic mass is 16.5. The standard InChI is InChI=1S/C8H12N2O/c1-6(2)7-4-9-5-10-8(7)11-3/h4-6H,1-3H3. The zero-order valence-electron chi connectivity index (χ0n) is 7.03. The lowest BCUT2D eigenvalue weighted by Gasteiger charge is -2.07. The van der Waals surface area contributed by atoms with Crippen molar-refractivity contribution in [3.8, 4) is 5.88 Å². The molecule has 0 aromatic carbocycles. The van der Waals surface area contributed by atoms with Crippen molar-refractivity contribution in [2.75, 3.05) is 7.11 Å². The average Bonchev–Trinajstić information content (AvgIpc) is 2.04. The molecule has 3 heteroatoms. The van der Waals surface area contributed by atoms with E-state index < -0.39 is 0 Å². The molecule has 1 aromatic rings. The molecule has 0 atom stereocenters. The summed E-state index contributed by atoms with van der Waals surface area (Å²) in [4.78, 5) is 7.91. The third-order valence-corrected chi connectivity index (χ3v) is 1.52. The van der Waals surface area contributed by atoms with Crippen LogP contribution in [0, 0.1) is 0 Å². The fourth-order valence-corrected chi connectivity index (χ4v) is 0.896. The molecule has 0 amide bonds. The van der Waals surface area contributed by atoms with Gasteiger partial charge in [-0.05, 0) is 5.92 Å². The fourth-order valence-electron chi connectivity index (χ4n) is 0.896. The Bertz CT molecular complexity index is 235. The molecule has 0 spiro atoms. The predicted molar refractivity (Wildman–Crippen MR) is 42.7 cm³/mol. The maximum atomic E-state index is 5.06. The van der Waals surface area contributed by atoms with Crippen LogP contribution in [0.1, 0.15) is 25.3 Å². The molecular weight excluding hydrogens is 140 g/mol. The molecule has 0 unspecified atom stereocenters. The molecule has 0 aliphatic rings. The van der Waals surface area contributed by atoms with Gasteiger partial charge in [0.25, 0.3) is 0 Å². The van der Waals surface area contributed by atoms with E-state index in [4.69, 9.17) is 4.74 Å². The van der Waals surface area contributed by atoms with Crippen LogP contribution in [0.3, 0.4) is 0 Å². The quantitative estimate of drug-likeness (QED) is 0.645. The Morgan fingerprint density at radius 2 is 2.18 bits per heavy atom. The van der Waals surface area contributed by atoms with Gasteiger partial charge in [-0.25, -0.2) is 9.97 Å². The fraction of sp³-hybridized carbons (Fsp3) is 0.500. The number of aromatic nitrogens is 2. The Balaban J connectivity index is 3.02. The van der Waals surface area contributed by atoms with Crippen molar-refractivity contribution in [1.29, 1.82) is 0 Å². The van der Waals surface area contributed by atoms with E-state index in [0.717, 1.165) is 5.56 Å². The van der Waals surface area contributed by atoms with Crippen molar-refractivity contribution in [1.82, 2.24) is 9.97 Å². The normalized spacial score (nSPS) is 10.2. The number of hydrogen-bond acceptors (Lipinski definition) is 3. The van der Waals surface area contributed by atoms with Crippen molar-refractivity contribution < 1.29 is 4.74 Å². The van der Waals surface area contributed by atoms with E-state index >= 15 is 0 Å². The van der Waals surface area contributed by atoms with Crippen LogP contribution in [-0.4, -0.2) is 17.1 Å². The van der Waals surface area contributed by atoms with Crippen molar-refractivity contribution in [3.05, 3.63) is 18.1 Å². The van der Waals surface area contributed by atoms with E-state index in [1.807, 2.05) is 0 Å². The van der Waals surface area contributed by atoms with Crippen LogP contribution in [0.25, 0.3) is 0 Å². The number of methoxy groups -OCH3 is 1. The smallest absolute Gasteiger partial charge is 0.219 e. The monoisotopic (exact) mass is 152 g/mol. The average molecular weight is 152 g/mol. The summed E-state index contributed by atoms with van der Waals surface area (Å²) in [5.41, 5.74) is 1.05. The zero-order valence-corrected chi connectivity index (χ0v) is 7.03. The molecule has 1 heterocycles. The maximum Gasteiger partial charge on any atom is 0.219 e. The SMILES string of the molecule is COc1ncncc1C(C)C. The largest absolute Gasteiger partial charge is 0.481 e. The molecule has 0 saturated heterocycles. The lowest BCUT2D eigenvalue weighted by atomic mass is 10.1. The summed E-state index contributed by atoms with van der Waals surface area (Å²) in [5.74, 6) is 1.08. The van der Waals surface area contributed by atoms with Crippen LogP contribution < -0.4 is 4.74 Å². The van der Waals surface area contributed by atoms with Gasteiger partial charge >= 0.3 is 0 Å². The molecule has 0 bridgehead atoms. The van der Waals surface area contributed by atoms with Gasteiger partial charge in [0.1, 0.15) is 6.33 Å². The highest BCUT2D eigenvalue weighted by Gasteiger charge is 2.06. The molecule has 0 saturated carbocycles. The first kappa shape index (κ1) is 7.98. The Labute approximate surface area is 66.4 Å². The van der Waals surface area contributed by atoms with Crippen LogP contribution in [-0.2, 0) is 0 Å². The number of hydrogen-bond donors (Lipinski definition) is 0. The number of ether oxygens (including phenoxy) is 1. The van der Waals surface area contributed by atoms with Crippen LogP contribution >= 0.6 is 0 Å². The summed E-state index contributed by atoms with van der Waals surface area (Å²) < 4.78 is 5.06. The lowest BCUT2D eigenvalue weighted by molar-refractivity contribution is 0.389. The lowest BCUT2D eigenvalue weighted by Crippen LogP contribution is -1.97. The molecule has 60 valence electrons. The molecule has 3 nitrogen and oxygen atoms in total. The van der Waals surface area contributed by atoms with Crippen molar-refractivity contribution in [3.63, 3.8) is 0 Å². The van der Waals surface area contributed by atoms with E-state index in [1.165, 1.54) is 6.33 Å². The Kier molecular flexibility index (Phi) is 2.41. The molecule has 0 fully saturated rings. The van der Waals surface area contributed by atoms with Crippen LogP contribution in [0.15, 0.2) is 12.5 Å². The molecule has 0 aliphatic heterocycles. The van der Waals surface area contributed by atoms with E-state index in [1.54, 1.807) is 13.3 Å². The summed E-state index contributed by atoms with van der Waals surface area (Å²) in [6, 6.07) is 0. The Morgan fingerprint density at radius 1 is 1.45 bits per heavy atom. The van der Waals surface area contributed by atoms with Gasteiger partial charge in [0.15, 0.2) is 0 Å². The summed E-state index contributed by atoms with van der Waals surface area (Å²) >= 11 is 0. The molecule has 0 N–H and O–H groups in total. The van der Waals surface area contributed by atoms with Gasteiger partial charge in [0.2, 0.25) is 5.88 Å². The van der Waals surface area contributed by atoms with Gasteiger partial charge in [-0.3, -0.25) is 0 Å². The Morgan fingerprint density at radius 3 is 2.64 bits per heavy atom. The van der Waals surface area contributed by atoms with Crippen molar-refractivity contribution >= 4 is 0 Å². The van der Waals surface area contributed by atoms with E-state index in [9.17, 15) is 0 Å². The first-order valence-electron chi connectivity index (χ1n) is 3.59. The summed E-state index contributed by atoms with van der Waals surface area (Å²) in [6.45, 7) is 4.17. The zero-order chi connectivity index (χ0) is 8.27. The second-order valence-corrected chi connectivity index (χ2v) is 2.64. The third-order valence-electron chi connectivity index (χ3n) is 1.52. The maximum absolute atomic E-state index is 5.06. The first-order chi connectivity index (χ1) is 5.25. The van der Waals surface area contributed by atoms with Crippen LogP contribution in [0.2, 0.25) is 0 Å². The van der Waals surface area contributed by atoms with E-state index in [2.05, 4.69) is 23.8 Å². The topological polar surface area (TPSA) is 35.0 Å². The molecule has 1 aromatic heterocycles. The van der Waals surface area contributed by atoms with Crippen molar-refractivity contribution in [2.45, 2.75) is 19.8 Å². The van der Waals surface area contributed by atoms with Gasteiger partial charge in [-0.15, -0.1) is 0 Å². The van der Waals surface area contributed by atoms with Gasteiger partial charge in [0.05, 0.1) is 7.11 Å². The Hall–Kier alpha value is -1.12. The summed E-state index contributed by atoms with van der Waals surface area (Å²) in [5, 5.41) is 0. The summed E-state index contributed by atoms with van der Waals surface area (Å²) in [7, 11) is 1.62. The molecule has 0 aliphatic carbocycles. The van der Waals surface area contributed by atoms with E-state index in [0.29, 0.717) is 11.8 Å². The minimum absolute atomic E-state index is 0.408. The third kappa shape index (κ3) is 1.67. The minimum Gasteiger partial charge on any atom is -0.481 e. The van der Waals surface area contributed by atoms with Crippen LogP contribution in [0.4, 0.5) is 0 Å². The second-order valence-electron chi connectivity index (χ2n) is 2.64. The first-order valence-corrected chi connectivity index (χ1v) is 3.59. The highest BCUT2D eigenvalue weighted by Crippen LogP contribution is 2.21.